The number of anilines is 2. The third-order valence-corrected chi connectivity index (χ3v) is 17.4. The van der Waals surface area contributed by atoms with Gasteiger partial charge in [0.05, 0.1) is 76.9 Å². The number of carbonyl (C=O) groups is 2. The fourth-order valence-electron chi connectivity index (χ4n) is 12.4. The first-order valence-corrected chi connectivity index (χ1v) is 27.3. The van der Waals surface area contributed by atoms with Crippen molar-refractivity contribution in [3.63, 3.8) is 0 Å². The van der Waals surface area contributed by atoms with Gasteiger partial charge in [-0.1, -0.05) is 24.3 Å². The Morgan fingerprint density at radius 1 is 0.583 bits per heavy atom. The van der Waals surface area contributed by atoms with Crippen molar-refractivity contribution in [3.8, 4) is 0 Å². The smallest absolute Gasteiger partial charge is 0.396 e. The monoisotopic (exact) mass is 1180 g/mol. The van der Waals surface area contributed by atoms with E-state index in [1.54, 1.807) is 36.9 Å². The summed E-state index contributed by atoms with van der Waals surface area (Å²) in [4.78, 5) is 32.6. The Bertz CT molecular complexity index is 3230. The standard InChI is InChI=1S/2C29H30F5N5O3/c2*1-37-17-35-36-25(37)10-27(15-42-16-27)19-3-2-4-21(9-19)39-12-23-22(26(39)41)7-18(8-24(23)29(32,33)34)11-38-6-5-20(13-40)28(30,31)14-38/h2*2-4,7-9,17,20,40H,5-6,10-16H2,1H3/t2*20-/m10/s1. The Morgan fingerprint density at radius 3 is 1.29 bits per heavy atom. The number of halogens is 10. The lowest BCUT2D eigenvalue weighted by atomic mass is 9.75. The fourth-order valence-corrected chi connectivity index (χ4v) is 12.4. The number of ether oxygens (including phenoxy) is 2. The van der Waals surface area contributed by atoms with Gasteiger partial charge < -0.3 is 38.6 Å². The molecule has 4 fully saturated rings. The lowest BCUT2D eigenvalue weighted by Gasteiger charge is -2.42. The Labute approximate surface area is 475 Å². The number of piperidine rings is 2. The predicted molar refractivity (Wildman–Crippen MR) is 282 cm³/mol. The summed E-state index contributed by atoms with van der Waals surface area (Å²) in [5.74, 6) is -8.33. The average molecular weight is 1180 g/mol. The zero-order valence-corrected chi connectivity index (χ0v) is 45.7. The highest BCUT2D eigenvalue weighted by molar-refractivity contribution is 6.11. The van der Waals surface area contributed by atoms with E-state index < -0.39 is 96.1 Å². The number of fused-ring (bicyclic) bond motifs is 2. The molecule has 6 aromatic rings. The lowest BCUT2D eigenvalue weighted by molar-refractivity contribution is -0.139. The van der Waals surface area contributed by atoms with E-state index in [-0.39, 0.29) is 85.5 Å². The van der Waals surface area contributed by atoms with Crippen molar-refractivity contribution >= 4 is 23.2 Å². The summed E-state index contributed by atoms with van der Waals surface area (Å²) >= 11 is 0. The molecule has 2 atom stereocenters. The summed E-state index contributed by atoms with van der Waals surface area (Å²) in [7, 11) is 3.68. The van der Waals surface area contributed by atoms with E-state index in [1.807, 2.05) is 47.5 Å². The number of alkyl halides is 10. The van der Waals surface area contributed by atoms with Gasteiger partial charge in [0.25, 0.3) is 23.7 Å². The number of aliphatic hydroxyl groups excluding tert-OH is 2. The maximum absolute atomic E-state index is 14.4. The summed E-state index contributed by atoms with van der Waals surface area (Å²) in [6, 6.07) is 19.0. The van der Waals surface area contributed by atoms with E-state index in [9.17, 15) is 63.7 Å². The molecular formula is C58H60F10N10O6. The minimum atomic E-state index is -4.74. The molecule has 2 aromatic heterocycles. The molecule has 26 heteroatoms. The molecule has 0 spiro atoms. The summed E-state index contributed by atoms with van der Waals surface area (Å²) in [6.45, 7) is -1.43. The highest BCUT2D eigenvalue weighted by Gasteiger charge is 2.49. The fraction of sp³-hybridized carbons (Fsp3) is 0.483. The summed E-state index contributed by atoms with van der Waals surface area (Å²) in [5, 5.41) is 34.7. The molecular weight excluding hydrogens is 1120 g/mol. The van der Waals surface area contributed by atoms with Crippen LogP contribution < -0.4 is 9.80 Å². The summed E-state index contributed by atoms with van der Waals surface area (Å²) < 4.78 is 158. The van der Waals surface area contributed by atoms with Gasteiger partial charge in [0.15, 0.2) is 0 Å². The van der Waals surface area contributed by atoms with Crippen molar-refractivity contribution in [3.05, 3.63) is 153 Å². The number of aliphatic hydroxyl groups is 2. The zero-order valence-electron chi connectivity index (χ0n) is 45.7. The van der Waals surface area contributed by atoms with Gasteiger partial charge in [-0.2, -0.15) is 26.3 Å². The molecule has 0 saturated carbocycles. The van der Waals surface area contributed by atoms with Gasteiger partial charge in [0.2, 0.25) is 0 Å². The van der Waals surface area contributed by atoms with Crippen LogP contribution in [0.4, 0.5) is 55.3 Å². The van der Waals surface area contributed by atoms with E-state index in [0.29, 0.717) is 50.6 Å². The highest BCUT2D eigenvalue weighted by Crippen LogP contribution is 2.45. The summed E-state index contributed by atoms with van der Waals surface area (Å²) in [5.41, 5.74) is -0.194. The van der Waals surface area contributed by atoms with E-state index in [0.717, 1.165) is 34.9 Å². The van der Waals surface area contributed by atoms with Crippen molar-refractivity contribution < 1.29 is 73.2 Å². The Hall–Kier alpha value is -6.84. The number of carbonyl (C=O) groups excluding carboxylic acids is 2. The van der Waals surface area contributed by atoms with E-state index in [4.69, 9.17) is 9.47 Å². The molecule has 0 aliphatic carbocycles. The number of amides is 2. The molecule has 0 unspecified atom stereocenters. The third kappa shape index (κ3) is 11.3. The maximum atomic E-state index is 14.4. The first kappa shape index (κ1) is 58.9. The quantitative estimate of drug-likeness (QED) is 0.101. The SMILES string of the molecule is Cn1cnnc1CC1(c2cccc(N3Cc4c(cc(CN5CC[C@@H](CO)C(F)(F)C5)cc4C(F)(F)F)C3=O)c2)COC1.Cn1cnnc1CC1(c2cccc(N3Cc4c(cc(CN5CC[C@H](CO)C(F)(F)C5)cc4C(F)(F)F)C3=O)c2)COC1. The summed E-state index contributed by atoms with van der Waals surface area (Å²) in [6.07, 6.45) is -5.15. The number of aromatic nitrogens is 6. The van der Waals surface area contributed by atoms with Crippen molar-refractivity contribution in [1.29, 1.82) is 0 Å². The van der Waals surface area contributed by atoms with Gasteiger partial charge in [-0.15, -0.1) is 20.4 Å². The van der Waals surface area contributed by atoms with Crippen molar-refractivity contribution in [2.45, 2.75) is 86.9 Å². The molecule has 84 heavy (non-hydrogen) atoms. The molecule has 6 aliphatic heterocycles. The van der Waals surface area contributed by atoms with Crippen LogP contribution in [-0.2, 0) is 85.8 Å². The molecule has 6 aliphatic rings. The van der Waals surface area contributed by atoms with Crippen LogP contribution in [0.3, 0.4) is 0 Å². The Balaban J connectivity index is 0.000000175. The molecule has 0 bridgehead atoms. The molecule has 2 amide bonds. The third-order valence-electron chi connectivity index (χ3n) is 17.4. The number of likely N-dealkylation sites (tertiary alicyclic amines) is 2. The molecule has 448 valence electrons. The second-order valence-corrected chi connectivity index (χ2v) is 23.1. The van der Waals surface area contributed by atoms with Gasteiger partial charge in [-0.05, 0) is 108 Å². The first-order valence-electron chi connectivity index (χ1n) is 27.3. The van der Waals surface area contributed by atoms with E-state index in [2.05, 4.69) is 20.4 Å². The van der Waals surface area contributed by atoms with Gasteiger partial charge in [-0.25, -0.2) is 17.6 Å². The largest absolute Gasteiger partial charge is 0.416 e. The van der Waals surface area contributed by atoms with Gasteiger partial charge in [-0.3, -0.25) is 19.4 Å². The normalized spacial score (nSPS) is 21.8. The Kier molecular flexibility index (Phi) is 15.6. The molecule has 12 rings (SSSR count). The van der Waals surface area contributed by atoms with Crippen LogP contribution in [0.25, 0.3) is 0 Å². The van der Waals surface area contributed by atoms with Crippen molar-refractivity contribution in [2.75, 3.05) is 75.6 Å². The molecule has 8 heterocycles. The zero-order chi connectivity index (χ0) is 59.7. The molecule has 2 N–H and O–H groups in total. The number of hydrogen-bond acceptors (Lipinski definition) is 12. The van der Waals surface area contributed by atoms with Crippen LogP contribution in [-0.4, -0.2) is 139 Å². The van der Waals surface area contributed by atoms with E-state index in [1.165, 1.54) is 31.7 Å². The van der Waals surface area contributed by atoms with Crippen LogP contribution in [0.2, 0.25) is 0 Å². The second-order valence-electron chi connectivity index (χ2n) is 23.1. The van der Waals surface area contributed by atoms with E-state index >= 15 is 0 Å². The van der Waals surface area contributed by atoms with Gasteiger partial charge in [0.1, 0.15) is 24.3 Å². The topological polar surface area (TPSA) is 167 Å². The highest BCUT2D eigenvalue weighted by atomic mass is 19.4. The molecule has 4 aromatic carbocycles. The van der Waals surface area contributed by atoms with Crippen LogP contribution >= 0.6 is 0 Å². The van der Waals surface area contributed by atoms with Crippen molar-refractivity contribution in [2.24, 2.45) is 25.9 Å². The average Bonchev–Trinajstić information content (AvgIpc) is 2.17. The van der Waals surface area contributed by atoms with Crippen LogP contribution in [0.5, 0.6) is 0 Å². The molecule has 4 saturated heterocycles. The van der Waals surface area contributed by atoms with Gasteiger partial charge >= 0.3 is 12.4 Å². The van der Waals surface area contributed by atoms with Gasteiger partial charge in [0, 0.05) is 85.2 Å². The first-order chi connectivity index (χ1) is 39.8. The second kappa shape index (κ2) is 22.2. The van der Waals surface area contributed by atoms with Crippen LogP contribution in [0, 0.1) is 11.8 Å². The maximum Gasteiger partial charge on any atom is 0.416 e. The number of rotatable bonds is 14. The van der Waals surface area contributed by atoms with Crippen LogP contribution in [0.15, 0.2) is 85.5 Å². The van der Waals surface area contributed by atoms with Crippen molar-refractivity contribution in [1.82, 2.24) is 39.3 Å². The van der Waals surface area contributed by atoms with Crippen LogP contribution in [0.1, 0.15) is 89.7 Å². The molecule has 16 nitrogen and oxygen atoms in total. The number of nitrogens with zero attached hydrogens (tertiary/aromatic N) is 10. The molecule has 0 radical (unpaired) electrons. The number of aryl methyl sites for hydroxylation is 2. The lowest BCUT2D eigenvalue weighted by Crippen LogP contribution is -2.49. The number of benzene rings is 4. The minimum absolute atomic E-state index is 0.0206. The minimum Gasteiger partial charge on any atom is -0.396 e. The Morgan fingerprint density at radius 2 is 0.976 bits per heavy atom. The predicted octanol–water partition coefficient (Wildman–Crippen LogP) is 7.91. The number of hydrogen-bond donors (Lipinski definition) is 2.